The summed E-state index contributed by atoms with van der Waals surface area (Å²) in [4.78, 5) is 14.0. The number of hydrogen-bond donors (Lipinski definition) is 1. The number of urea groups is 1. The van der Waals surface area contributed by atoms with Crippen LogP contribution in [0.15, 0.2) is 59.3 Å². The van der Waals surface area contributed by atoms with Crippen LogP contribution in [0, 0.1) is 0 Å². The number of fused-ring (bicyclic) bond motifs is 1. The second-order valence-corrected chi connectivity index (χ2v) is 7.20. The van der Waals surface area contributed by atoms with Crippen LogP contribution >= 0.6 is 11.3 Å². The Hall–Kier alpha value is -3.19. The molecule has 1 aliphatic heterocycles. The molecule has 0 bridgehead atoms. The van der Waals surface area contributed by atoms with E-state index in [4.69, 9.17) is 14.2 Å². The quantitative estimate of drug-likeness (QED) is 0.655. The average Bonchev–Trinajstić information content (AvgIpc) is 3.38. The second-order valence-electron chi connectivity index (χ2n) is 6.42. The maximum atomic E-state index is 12.4. The molecule has 0 saturated carbocycles. The maximum absolute atomic E-state index is 12.4. The number of hydrogen-bond acceptors (Lipinski definition) is 5. The van der Waals surface area contributed by atoms with Gasteiger partial charge in [0.15, 0.2) is 11.5 Å². The van der Waals surface area contributed by atoms with E-state index >= 15 is 0 Å². The highest BCUT2D eigenvalue weighted by molar-refractivity contribution is 7.07. The van der Waals surface area contributed by atoms with Crippen molar-refractivity contribution >= 4 is 23.1 Å². The van der Waals surface area contributed by atoms with Crippen molar-refractivity contribution in [1.29, 1.82) is 0 Å². The third-order valence-corrected chi connectivity index (χ3v) is 5.01. The minimum absolute atomic E-state index is 0.153. The highest BCUT2D eigenvalue weighted by Gasteiger charge is 2.14. The monoisotopic (exact) mass is 396 g/mol. The zero-order valence-electron chi connectivity index (χ0n) is 15.4. The predicted octanol–water partition coefficient (Wildman–Crippen LogP) is 4.72. The van der Waals surface area contributed by atoms with Gasteiger partial charge in [-0.05, 0) is 52.2 Å². The maximum Gasteiger partial charge on any atom is 0.321 e. The summed E-state index contributed by atoms with van der Waals surface area (Å²) in [6.07, 6.45) is 0. The molecule has 6 nitrogen and oxygen atoms in total. The minimum Gasteiger partial charge on any atom is -0.489 e. The van der Waals surface area contributed by atoms with Gasteiger partial charge in [0.1, 0.15) is 12.4 Å². The number of thiophene rings is 1. The number of benzene rings is 2. The number of carbonyl (C=O) groups excluding carboxylic acids is 1. The summed E-state index contributed by atoms with van der Waals surface area (Å²) in [5.41, 5.74) is 2.80. The van der Waals surface area contributed by atoms with Crippen LogP contribution in [0.2, 0.25) is 0 Å². The van der Waals surface area contributed by atoms with Crippen molar-refractivity contribution in [2.75, 3.05) is 19.2 Å². The third-order valence-electron chi connectivity index (χ3n) is 4.27. The van der Waals surface area contributed by atoms with E-state index in [1.54, 1.807) is 23.3 Å². The molecule has 2 amide bonds. The molecule has 2 heterocycles. The van der Waals surface area contributed by atoms with E-state index in [2.05, 4.69) is 5.32 Å². The molecule has 0 unspecified atom stereocenters. The highest BCUT2D eigenvalue weighted by atomic mass is 32.1. The van der Waals surface area contributed by atoms with Crippen LogP contribution in [-0.4, -0.2) is 24.8 Å². The largest absolute Gasteiger partial charge is 0.489 e. The first kappa shape index (κ1) is 18.2. The van der Waals surface area contributed by atoms with Gasteiger partial charge in [0.25, 0.3) is 0 Å². The summed E-state index contributed by atoms with van der Waals surface area (Å²) in [6.45, 7) is 1.19. The molecule has 2 aromatic carbocycles. The fraction of sp³-hybridized carbons (Fsp3) is 0.190. The van der Waals surface area contributed by atoms with E-state index in [-0.39, 0.29) is 12.8 Å². The molecule has 0 spiro atoms. The normalized spacial score (nSPS) is 11.9. The lowest BCUT2D eigenvalue weighted by atomic mass is 10.2. The number of nitrogens with zero attached hydrogens (tertiary/aromatic N) is 1. The summed E-state index contributed by atoms with van der Waals surface area (Å²) in [5, 5.41) is 6.97. The van der Waals surface area contributed by atoms with Gasteiger partial charge in [-0.25, -0.2) is 4.79 Å². The van der Waals surface area contributed by atoms with Crippen LogP contribution in [0.4, 0.5) is 10.5 Å². The number of carbonyl (C=O) groups is 1. The second kappa shape index (κ2) is 8.22. The molecule has 7 heteroatoms. The van der Waals surface area contributed by atoms with Gasteiger partial charge < -0.3 is 24.4 Å². The summed E-state index contributed by atoms with van der Waals surface area (Å²) in [6, 6.07) is 15.0. The van der Waals surface area contributed by atoms with Crippen molar-refractivity contribution in [3.63, 3.8) is 0 Å². The molecule has 4 rings (SSSR count). The van der Waals surface area contributed by atoms with Crippen LogP contribution in [-0.2, 0) is 13.2 Å². The first-order valence-corrected chi connectivity index (χ1v) is 9.76. The number of anilines is 1. The smallest absolute Gasteiger partial charge is 0.321 e. The highest BCUT2D eigenvalue weighted by Crippen LogP contribution is 2.35. The molecule has 0 radical (unpaired) electrons. The zero-order valence-corrected chi connectivity index (χ0v) is 16.2. The molecular formula is C21H20N2O4S. The molecule has 1 aliphatic rings. The lowest BCUT2D eigenvalue weighted by Gasteiger charge is -2.17. The van der Waals surface area contributed by atoms with Gasteiger partial charge in [0, 0.05) is 25.3 Å². The van der Waals surface area contributed by atoms with Gasteiger partial charge in [-0.15, -0.1) is 0 Å². The van der Waals surface area contributed by atoms with Gasteiger partial charge in [0.05, 0.1) is 0 Å². The number of rotatable bonds is 6. The van der Waals surface area contributed by atoms with Gasteiger partial charge in [0.2, 0.25) is 6.79 Å². The van der Waals surface area contributed by atoms with Crippen LogP contribution in [0.1, 0.15) is 11.1 Å². The minimum atomic E-state index is -0.153. The topological polar surface area (TPSA) is 60.0 Å². The zero-order chi connectivity index (χ0) is 19.3. The summed E-state index contributed by atoms with van der Waals surface area (Å²) in [7, 11) is 1.78. The SMILES string of the molecule is CN(Cc1ccsc1)C(=O)Nc1cccc(COc2ccc3c(c2)OCO3)c1. The molecule has 3 aromatic rings. The lowest BCUT2D eigenvalue weighted by molar-refractivity contribution is 0.173. The van der Waals surface area contributed by atoms with Gasteiger partial charge in [-0.2, -0.15) is 11.3 Å². The Morgan fingerprint density at radius 1 is 1.14 bits per heavy atom. The molecule has 28 heavy (non-hydrogen) atoms. The van der Waals surface area contributed by atoms with Crippen molar-refractivity contribution < 1.29 is 19.0 Å². The van der Waals surface area contributed by atoms with E-state index in [1.807, 2.05) is 59.3 Å². The fourth-order valence-corrected chi connectivity index (χ4v) is 3.48. The van der Waals surface area contributed by atoms with Gasteiger partial charge in [-0.1, -0.05) is 12.1 Å². The summed E-state index contributed by atoms with van der Waals surface area (Å²) in [5.74, 6) is 2.12. The predicted molar refractivity (Wildman–Crippen MR) is 108 cm³/mol. The molecule has 144 valence electrons. The van der Waals surface area contributed by atoms with Crippen LogP contribution in [0.25, 0.3) is 0 Å². The van der Waals surface area contributed by atoms with Crippen molar-refractivity contribution in [2.45, 2.75) is 13.2 Å². The standard InChI is InChI=1S/C21H20N2O4S/c1-23(11-16-7-8-28-13-16)21(24)22-17-4-2-3-15(9-17)12-25-18-5-6-19-20(10-18)27-14-26-19/h2-10,13H,11-12,14H2,1H3,(H,22,24). The van der Waals surface area contributed by atoms with Crippen LogP contribution in [0.3, 0.4) is 0 Å². The Morgan fingerprint density at radius 3 is 2.89 bits per heavy atom. The number of amides is 2. The van der Waals surface area contributed by atoms with Crippen molar-refractivity contribution in [3.8, 4) is 17.2 Å². The van der Waals surface area contributed by atoms with Crippen LogP contribution in [0.5, 0.6) is 17.2 Å². The Labute approximate surface area is 167 Å². The molecule has 1 aromatic heterocycles. The van der Waals surface area contributed by atoms with Crippen molar-refractivity contribution in [3.05, 3.63) is 70.4 Å². The van der Waals surface area contributed by atoms with Gasteiger partial charge in [-0.3, -0.25) is 0 Å². The van der Waals surface area contributed by atoms with Crippen LogP contribution < -0.4 is 19.5 Å². The molecule has 1 N–H and O–H groups in total. The van der Waals surface area contributed by atoms with Gasteiger partial charge >= 0.3 is 6.03 Å². The molecule has 0 aliphatic carbocycles. The van der Waals surface area contributed by atoms with Crippen molar-refractivity contribution in [2.24, 2.45) is 0 Å². The van der Waals surface area contributed by atoms with E-state index in [1.165, 1.54) is 0 Å². The third kappa shape index (κ3) is 4.37. The average molecular weight is 396 g/mol. The molecule has 0 atom stereocenters. The molecule has 0 saturated heterocycles. The Balaban J connectivity index is 1.34. The molecular weight excluding hydrogens is 376 g/mol. The van der Waals surface area contributed by atoms with E-state index < -0.39 is 0 Å². The Morgan fingerprint density at radius 2 is 2.04 bits per heavy atom. The first-order chi connectivity index (χ1) is 13.7. The van der Waals surface area contributed by atoms with Crippen molar-refractivity contribution in [1.82, 2.24) is 4.90 Å². The Kier molecular flexibility index (Phi) is 5.34. The summed E-state index contributed by atoms with van der Waals surface area (Å²) < 4.78 is 16.5. The number of nitrogens with one attached hydrogen (secondary N) is 1. The lowest BCUT2D eigenvalue weighted by Crippen LogP contribution is -2.30. The van der Waals surface area contributed by atoms with E-state index in [9.17, 15) is 4.79 Å². The Bertz CT molecular complexity index is 959. The molecule has 0 fully saturated rings. The first-order valence-electron chi connectivity index (χ1n) is 8.82. The fourth-order valence-electron chi connectivity index (χ4n) is 2.82. The van der Waals surface area contributed by atoms with E-state index in [0.29, 0.717) is 24.7 Å². The van der Waals surface area contributed by atoms with E-state index in [0.717, 1.165) is 22.6 Å². The number of ether oxygens (including phenoxy) is 3. The summed E-state index contributed by atoms with van der Waals surface area (Å²) >= 11 is 1.62.